The van der Waals surface area contributed by atoms with E-state index >= 15 is 0 Å². The van der Waals surface area contributed by atoms with Crippen molar-refractivity contribution in [1.29, 1.82) is 0 Å². The number of nitrogens with zero attached hydrogens (tertiary/aromatic N) is 3. The predicted octanol–water partition coefficient (Wildman–Crippen LogP) is 1.78. The molecular formula is C14H17N3O2S. The monoisotopic (exact) mass is 291 g/mol. The van der Waals surface area contributed by atoms with E-state index in [1.54, 1.807) is 0 Å². The van der Waals surface area contributed by atoms with Gasteiger partial charge in [0.15, 0.2) is 0 Å². The third kappa shape index (κ3) is 2.24. The van der Waals surface area contributed by atoms with E-state index in [-0.39, 0.29) is 18.0 Å². The second-order valence-electron chi connectivity index (χ2n) is 5.18. The van der Waals surface area contributed by atoms with E-state index in [9.17, 15) is 9.59 Å². The van der Waals surface area contributed by atoms with Crippen LogP contribution in [0.1, 0.15) is 25.3 Å². The van der Waals surface area contributed by atoms with Crippen LogP contribution in [0.15, 0.2) is 16.5 Å². The molecule has 1 amide bonds. The number of thiophene rings is 1. The summed E-state index contributed by atoms with van der Waals surface area (Å²) in [6.07, 6.45) is 3.65. The molecule has 20 heavy (non-hydrogen) atoms. The Morgan fingerprint density at radius 3 is 2.95 bits per heavy atom. The number of carbonyl (C=O) groups is 1. The van der Waals surface area contributed by atoms with Crippen LogP contribution in [0.2, 0.25) is 0 Å². The van der Waals surface area contributed by atoms with E-state index in [1.165, 1.54) is 22.2 Å². The van der Waals surface area contributed by atoms with Gasteiger partial charge in [0.2, 0.25) is 5.91 Å². The molecule has 0 atom stereocenters. The fourth-order valence-electron chi connectivity index (χ4n) is 2.43. The number of rotatable bonds is 4. The van der Waals surface area contributed by atoms with Crippen molar-refractivity contribution in [2.75, 3.05) is 6.54 Å². The molecule has 2 aromatic heterocycles. The lowest BCUT2D eigenvalue weighted by Gasteiger charge is -2.20. The Bertz CT molecular complexity index is 715. The molecule has 6 heteroatoms. The van der Waals surface area contributed by atoms with Crippen molar-refractivity contribution in [2.45, 2.75) is 39.3 Å². The van der Waals surface area contributed by atoms with E-state index in [1.807, 2.05) is 24.1 Å². The summed E-state index contributed by atoms with van der Waals surface area (Å²) >= 11 is 1.39. The molecule has 1 fully saturated rings. The lowest BCUT2D eigenvalue weighted by molar-refractivity contribution is -0.132. The van der Waals surface area contributed by atoms with Crippen LogP contribution >= 0.6 is 11.3 Å². The van der Waals surface area contributed by atoms with Gasteiger partial charge in [-0.05, 0) is 37.6 Å². The highest BCUT2D eigenvalue weighted by molar-refractivity contribution is 7.17. The third-order valence-corrected chi connectivity index (χ3v) is 4.75. The van der Waals surface area contributed by atoms with Gasteiger partial charge in [-0.1, -0.05) is 0 Å². The quantitative estimate of drug-likeness (QED) is 0.863. The smallest absolute Gasteiger partial charge is 0.271 e. The SMILES string of the molecule is CCN(C(=O)Cn1cnc2c(C)csc2c1=O)C1CC1. The van der Waals surface area contributed by atoms with Crippen molar-refractivity contribution in [3.8, 4) is 0 Å². The second kappa shape index (κ2) is 5.01. The van der Waals surface area contributed by atoms with Crippen LogP contribution in [0.25, 0.3) is 10.2 Å². The van der Waals surface area contributed by atoms with Crippen molar-refractivity contribution in [2.24, 2.45) is 0 Å². The molecule has 0 aromatic carbocycles. The predicted molar refractivity (Wildman–Crippen MR) is 79.0 cm³/mol. The molecule has 0 radical (unpaired) electrons. The number of fused-ring (bicyclic) bond motifs is 1. The Morgan fingerprint density at radius 2 is 2.30 bits per heavy atom. The molecule has 0 spiro atoms. The Balaban J connectivity index is 1.89. The van der Waals surface area contributed by atoms with Gasteiger partial charge in [-0.15, -0.1) is 11.3 Å². The zero-order chi connectivity index (χ0) is 14.3. The highest BCUT2D eigenvalue weighted by Crippen LogP contribution is 2.26. The van der Waals surface area contributed by atoms with Crippen LogP contribution < -0.4 is 5.56 Å². The van der Waals surface area contributed by atoms with Crippen molar-refractivity contribution in [1.82, 2.24) is 14.5 Å². The number of likely N-dealkylation sites (N-methyl/N-ethyl adjacent to an activating group) is 1. The Kier molecular flexibility index (Phi) is 3.33. The average molecular weight is 291 g/mol. The summed E-state index contributed by atoms with van der Waals surface area (Å²) in [5.41, 5.74) is 1.64. The van der Waals surface area contributed by atoms with Crippen LogP contribution in [-0.4, -0.2) is 32.9 Å². The zero-order valence-corrected chi connectivity index (χ0v) is 12.4. The van der Waals surface area contributed by atoms with Crippen molar-refractivity contribution >= 4 is 27.5 Å². The minimum absolute atomic E-state index is 0.00604. The first kappa shape index (κ1) is 13.3. The second-order valence-corrected chi connectivity index (χ2v) is 6.06. The van der Waals surface area contributed by atoms with Crippen LogP contribution in [0.5, 0.6) is 0 Å². The van der Waals surface area contributed by atoms with E-state index in [4.69, 9.17) is 0 Å². The van der Waals surface area contributed by atoms with Crippen LogP contribution in [-0.2, 0) is 11.3 Å². The topological polar surface area (TPSA) is 55.2 Å². The van der Waals surface area contributed by atoms with Gasteiger partial charge in [-0.3, -0.25) is 14.2 Å². The molecule has 1 saturated carbocycles. The lowest BCUT2D eigenvalue weighted by Crippen LogP contribution is -2.37. The molecule has 0 N–H and O–H groups in total. The Morgan fingerprint density at radius 1 is 1.55 bits per heavy atom. The first-order valence-corrected chi connectivity index (χ1v) is 7.72. The van der Waals surface area contributed by atoms with Gasteiger partial charge < -0.3 is 4.90 Å². The summed E-state index contributed by atoms with van der Waals surface area (Å²) in [7, 11) is 0. The van der Waals surface area contributed by atoms with Crippen molar-refractivity contribution in [3.05, 3.63) is 27.6 Å². The minimum atomic E-state index is -0.117. The number of carbonyl (C=O) groups excluding carboxylic acids is 1. The van der Waals surface area contributed by atoms with Crippen molar-refractivity contribution in [3.63, 3.8) is 0 Å². The number of hydrogen-bond acceptors (Lipinski definition) is 4. The molecule has 0 unspecified atom stereocenters. The van der Waals surface area contributed by atoms with Gasteiger partial charge in [0, 0.05) is 12.6 Å². The van der Waals surface area contributed by atoms with Gasteiger partial charge in [-0.2, -0.15) is 0 Å². The molecule has 1 aliphatic carbocycles. The first-order chi connectivity index (χ1) is 9.61. The minimum Gasteiger partial charge on any atom is -0.338 e. The highest BCUT2D eigenvalue weighted by Gasteiger charge is 2.31. The molecule has 2 heterocycles. The van der Waals surface area contributed by atoms with E-state index in [0.717, 1.165) is 23.9 Å². The molecule has 0 saturated heterocycles. The fraction of sp³-hybridized carbons (Fsp3) is 0.500. The normalized spacial score (nSPS) is 14.7. The van der Waals surface area contributed by atoms with E-state index in [0.29, 0.717) is 17.3 Å². The van der Waals surface area contributed by atoms with E-state index in [2.05, 4.69) is 4.98 Å². The standard InChI is InChI=1S/C14H17N3O2S/c1-3-17(10-4-5-10)11(18)6-16-8-15-12-9(2)7-20-13(12)14(16)19/h7-8,10H,3-6H2,1-2H3. The summed E-state index contributed by atoms with van der Waals surface area (Å²) in [4.78, 5) is 30.8. The van der Waals surface area contributed by atoms with Gasteiger partial charge in [0.05, 0.1) is 11.8 Å². The highest BCUT2D eigenvalue weighted by atomic mass is 32.1. The van der Waals surface area contributed by atoms with Gasteiger partial charge in [0.25, 0.3) is 5.56 Å². The number of amides is 1. The maximum Gasteiger partial charge on any atom is 0.271 e. The maximum absolute atomic E-state index is 12.3. The van der Waals surface area contributed by atoms with E-state index < -0.39 is 0 Å². The van der Waals surface area contributed by atoms with Gasteiger partial charge in [0.1, 0.15) is 11.2 Å². The molecule has 5 nitrogen and oxygen atoms in total. The van der Waals surface area contributed by atoms with Gasteiger partial charge >= 0.3 is 0 Å². The largest absolute Gasteiger partial charge is 0.338 e. The number of hydrogen-bond donors (Lipinski definition) is 0. The molecular weight excluding hydrogens is 274 g/mol. The zero-order valence-electron chi connectivity index (χ0n) is 11.6. The average Bonchev–Trinajstić information content (AvgIpc) is 3.18. The maximum atomic E-state index is 12.3. The summed E-state index contributed by atoms with van der Waals surface area (Å²) in [6, 6.07) is 0.379. The molecule has 3 rings (SSSR count). The summed E-state index contributed by atoms with van der Waals surface area (Å²) in [6.45, 7) is 4.70. The lowest BCUT2D eigenvalue weighted by atomic mass is 10.3. The third-order valence-electron chi connectivity index (χ3n) is 3.68. The van der Waals surface area contributed by atoms with Crippen molar-refractivity contribution < 1.29 is 4.79 Å². The fourth-order valence-corrected chi connectivity index (χ4v) is 3.38. The molecule has 1 aliphatic rings. The van der Waals surface area contributed by atoms with Crippen LogP contribution in [0.3, 0.4) is 0 Å². The number of aromatic nitrogens is 2. The molecule has 2 aromatic rings. The Hall–Kier alpha value is -1.69. The molecule has 0 bridgehead atoms. The molecule has 0 aliphatic heterocycles. The number of aryl methyl sites for hydroxylation is 1. The Labute approximate surface area is 120 Å². The van der Waals surface area contributed by atoms with Gasteiger partial charge in [-0.25, -0.2) is 4.98 Å². The van der Waals surface area contributed by atoms with Crippen LogP contribution in [0.4, 0.5) is 0 Å². The summed E-state index contributed by atoms with van der Waals surface area (Å²) in [5.74, 6) is 0.00604. The molecule has 106 valence electrons. The van der Waals surface area contributed by atoms with Crippen LogP contribution in [0, 0.1) is 6.92 Å². The summed E-state index contributed by atoms with van der Waals surface area (Å²) in [5, 5.41) is 1.92. The first-order valence-electron chi connectivity index (χ1n) is 6.84. The summed E-state index contributed by atoms with van der Waals surface area (Å²) < 4.78 is 2.05.